The Hall–Kier alpha value is -5.40. The van der Waals surface area contributed by atoms with Crippen LogP contribution in [0.25, 0.3) is 0 Å². The predicted octanol–water partition coefficient (Wildman–Crippen LogP) is 8.43. The third-order valence-corrected chi connectivity index (χ3v) is 13.1. The summed E-state index contributed by atoms with van der Waals surface area (Å²) in [6, 6.07) is 12.0. The van der Waals surface area contributed by atoms with Crippen molar-refractivity contribution in [2.45, 2.75) is 181 Å². The fourth-order valence-electron chi connectivity index (χ4n) is 9.54. The second-order valence-electron chi connectivity index (χ2n) is 18.5. The van der Waals surface area contributed by atoms with Crippen molar-refractivity contribution >= 4 is 47.3 Å². The molecule has 376 valence electrons. The van der Waals surface area contributed by atoms with Gasteiger partial charge >= 0.3 is 12.3 Å². The van der Waals surface area contributed by atoms with E-state index < -0.39 is 11.7 Å². The van der Waals surface area contributed by atoms with Crippen LogP contribution in [-0.2, 0) is 38.2 Å². The molecule has 6 rings (SSSR count). The van der Waals surface area contributed by atoms with Crippen molar-refractivity contribution in [3.63, 3.8) is 0 Å². The van der Waals surface area contributed by atoms with Gasteiger partial charge in [-0.2, -0.15) is 19.2 Å². The lowest BCUT2D eigenvalue weighted by atomic mass is 9.92. The van der Waals surface area contributed by atoms with Crippen LogP contribution in [0, 0.1) is 0 Å². The van der Waals surface area contributed by atoms with Crippen LogP contribution >= 0.6 is 0 Å². The molecule has 0 spiro atoms. The number of carbonyl (C=O) groups is 4. The molecule has 2 fully saturated rings. The van der Waals surface area contributed by atoms with E-state index in [0.717, 1.165) is 51.4 Å². The maximum atomic E-state index is 13.6. The number of nitrogens with zero attached hydrogens (tertiary/aromatic N) is 4. The summed E-state index contributed by atoms with van der Waals surface area (Å²) >= 11 is 0. The molecule has 0 aromatic heterocycles. The zero-order valence-corrected chi connectivity index (χ0v) is 42.0. The van der Waals surface area contributed by atoms with Crippen molar-refractivity contribution in [1.29, 1.82) is 0 Å². The molecule has 2 saturated carbocycles. The minimum atomic E-state index is -0.883. The Morgan fingerprint density at radius 1 is 0.691 bits per heavy atom. The SMILES string of the molecule is CCC1(C)Oc2ccc(C(=O)N(C(C)C)C3CCCCC3)cc2N(CCCCOC)C1=O.COCCCCN1C(=O)C(C)Oc2ccc(C(=O)N(C(C)C)C3CCCCC3)cc21.O=C=O.O=C=O. The zero-order chi connectivity index (χ0) is 50.4. The first-order valence-electron chi connectivity index (χ1n) is 24.5. The Morgan fingerprint density at radius 2 is 1.10 bits per heavy atom. The van der Waals surface area contributed by atoms with Gasteiger partial charge in [0, 0.05) is 75.8 Å². The number of anilines is 2. The Balaban J connectivity index is 0.000000323. The summed E-state index contributed by atoms with van der Waals surface area (Å²) in [6.45, 7) is 16.5. The first-order chi connectivity index (χ1) is 32.6. The summed E-state index contributed by atoms with van der Waals surface area (Å²) in [7, 11) is 3.37. The molecule has 16 heteroatoms. The lowest BCUT2D eigenvalue weighted by molar-refractivity contribution is -0.193. The number of hydrogen-bond donors (Lipinski definition) is 0. The molecule has 0 radical (unpaired) electrons. The standard InChI is InChI=1S/C26H40N2O4.C24H36N2O4.2CO2/c1-6-26(4)25(30)27(16-10-11-17-31-5)22-18-20(14-15-23(22)32-26)24(29)28(19(2)3)21-12-8-7-9-13-21;1-17(2)26(20-10-6-5-7-11-20)24(28)19-12-13-22-21(16-19)25(14-8-9-15-29-4)23(27)18(3)30-22;2*2-1-3/h14-15,18-19,21H,6-13,16-17H2,1-5H3;12-13,16-18,20H,5-11,14-15H2,1-4H3;;. The van der Waals surface area contributed by atoms with Gasteiger partial charge < -0.3 is 38.5 Å². The van der Waals surface area contributed by atoms with Crippen LogP contribution < -0.4 is 19.3 Å². The van der Waals surface area contributed by atoms with Gasteiger partial charge in [-0.3, -0.25) is 19.2 Å². The molecule has 2 aromatic rings. The van der Waals surface area contributed by atoms with Crippen LogP contribution in [0.4, 0.5) is 11.4 Å². The molecule has 4 amide bonds. The lowest BCUT2D eigenvalue weighted by Gasteiger charge is -2.41. The van der Waals surface area contributed by atoms with Crippen molar-refractivity contribution < 1.29 is 57.3 Å². The monoisotopic (exact) mass is 949 g/mol. The van der Waals surface area contributed by atoms with Gasteiger partial charge in [0.05, 0.1) is 11.4 Å². The summed E-state index contributed by atoms with van der Waals surface area (Å²) < 4.78 is 22.3. The Bertz CT molecular complexity index is 1990. The number of benzene rings is 2. The van der Waals surface area contributed by atoms with Crippen molar-refractivity contribution in [3.05, 3.63) is 47.5 Å². The number of ether oxygens (including phenoxy) is 4. The largest absolute Gasteiger partial charge is 0.479 e. The molecule has 0 saturated heterocycles. The number of carbonyl (C=O) groups excluding carboxylic acids is 8. The zero-order valence-electron chi connectivity index (χ0n) is 42.0. The topological polar surface area (TPSA) is 186 Å². The molecular weight excluding hydrogens is 873 g/mol. The highest BCUT2D eigenvalue weighted by Crippen LogP contribution is 2.41. The van der Waals surface area contributed by atoms with Gasteiger partial charge in [-0.25, -0.2) is 0 Å². The smallest absolute Gasteiger partial charge is 0.373 e. The van der Waals surface area contributed by atoms with Crippen molar-refractivity contribution in [2.75, 3.05) is 50.3 Å². The van der Waals surface area contributed by atoms with E-state index in [1.54, 1.807) is 26.0 Å². The van der Waals surface area contributed by atoms with E-state index in [4.69, 9.17) is 38.1 Å². The number of fused-ring (bicyclic) bond motifs is 2. The first-order valence-corrected chi connectivity index (χ1v) is 24.5. The fourth-order valence-corrected chi connectivity index (χ4v) is 9.54. The Morgan fingerprint density at radius 3 is 1.51 bits per heavy atom. The van der Waals surface area contributed by atoms with Gasteiger partial charge in [-0.15, -0.1) is 0 Å². The molecule has 2 aromatic carbocycles. The van der Waals surface area contributed by atoms with Crippen LogP contribution in [0.1, 0.15) is 165 Å². The van der Waals surface area contributed by atoms with E-state index >= 15 is 0 Å². The van der Waals surface area contributed by atoms with Gasteiger partial charge in [0.25, 0.3) is 23.6 Å². The quantitative estimate of drug-likeness (QED) is 0.138. The highest BCUT2D eigenvalue weighted by atomic mass is 16.5. The number of rotatable bonds is 17. The average molecular weight is 949 g/mol. The average Bonchev–Trinajstić information content (AvgIpc) is 3.32. The molecule has 4 aliphatic rings. The molecule has 68 heavy (non-hydrogen) atoms. The number of hydrogen-bond acceptors (Lipinski definition) is 12. The van der Waals surface area contributed by atoms with Crippen molar-refractivity contribution in [2.24, 2.45) is 0 Å². The van der Waals surface area contributed by atoms with Gasteiger partial charge in [0.1, 0.15) is 11.5 Å². The molecule has 0 bridgehead atoms. The normalized spacial score (nSPS) is 19.0. The van der Waals surface area contributed by atoms with Crippen LogP contribution in [0.2, 0.25) is 0 Å². The summed E-state index contributed by atoms with van der Waals surface area (Å²) in [5.41, 5.74) is 1.78. The van der Waals surface area contributed by atoms with E-state index in [-0.39, 0.29) is 48.0 Å². The molecule has 2 atom stereocenters. The number of amides is 4. The highest BCUT2D eigenvalue weighted by Gasteiger charge is 2.44. The van der Waals surface area contributed by atoms with Crippen LogP contribution in [-0.4, -0.2) is 122 Å². The first kappa shape index (κ1) is 56.9. The van der Waals surface area contributed by atoms with Crippen LogP contribution in [0.15, 0.2) is 36.4 Å². The van der Waals surface area contributed by atoms with Crippen molar-refractivity contribution in [3.8, 4) is 11.5 Å². The predicted molar refractivity (Wildman–Crippen MR) is 256 cm³/mol. The molecule has 2 aliphatic carbocycles. The summed E-state index contributed by atoms with van der Waals surface area (Å²) in [6.07, 6.45) is 15.5. The van der Waals surface area contributed by atoms with Gasteiger partial charge in [0.15, 0.2) is 11.7 Å². The van der Waals surface area contributed by atoms with Crippen molar-refractivity contribution in [1.82, 2.24) is 9.80 Å². The maximum Gasteiger partial charge on any atom is 0.373 e. The summed E-state index contributed by atoms with van der Waals surface area (Å²) in [5, 5.41) is 0. The van der Waals surface area contributed by atoms with Gasteiger partial charge in [0.2, 0.25) is 0 Å². The number of methoxy groups -OCH3 is 2. The minimum absolute atomic E-state index is 0.0393. The van der Waals surface area contributed by atoms with E-state index in [1.165, 1.54) is 38.5 Å². The van der Waals surface area contributed by atoms with E-state index in [1.807, 2.05) is 64.9 Å². The lowest BCUT2D eigenvalue weighted by Crippen LogP contribution is -2.54. The molecule has 2 heterocycles. The van der Waals surface area contributed by atoms with Gasteiger partial charge in [-0.05, 0) is 136 Å². The Labute approximate surface area is 403 Å². The van der Waals surface area contributed by atoms with E-state index in [9.17, 15) is 19.2 Å². The molecule has 0 N–H and O–H groups in total. The summed E-state index contributed by atoms with van der Waals surface area (Å²) in [4.78, 5) is 93.4. The fraction of sp³-hybridized carbons (Fsp3) is 0.654. The highest BCUT2D eigenvalue weighted by molar-refractivity contribution is 6.05. The maximum absolute atomic E-state index is 13.6. The molecule has 16 nitrogen and oxygen atoms in total. The second kappa shape index (κ2) is 28.8. The van der Waals surface area contributed by atoms with E-state index in [0.29, 0.717) is 78.8 Å². The molecule has 2 aliphatic heterocycles. The third kappa shape index (κ3) is 15.3. The summed E-state index contributed by atoms with van der Waals surface area (Å²) in [5.74, 6) is 1.33. The molecular formula is C52H76N4O12. The minimum Gasteiger partial charge on any atom is -0.479 e. The second-order valence-corrected chi connectivity index (χ2v) is 18.5. The number of unbranched alkanes of at least 4 members (excludes halogenated alkanes) is 2. The third-order valence-electron chi connectivity index (χ3n) is 13.1. The Kier molecular flexibility index (Phi) is 24.1. The van der Waals surface area contributed by atoms with Gasteiger partial charge in [-0.1, -0.05) is 45.4 Å². The molecule has 2 unspecified atom stereocenters. The van der Waals surface area contributed by atoms with E-state index in [2.05, 4.69) is 27.7 Å². The van der Waals surface area contributed by atoms with Crippen LogP contribution in [0.3, 0.4) is 0 Å². The van der Waals surface area contributed by atoms with Crippen LogP contribution in [0.5, 0.6) is 11.5 Å².